The standard InChI is InChI=1S/C20H16INO2/c1-24-22(20(23)16-7-3-2-4-8-16)19-10-6-5-9-18(19)15-11-13-17(21)14-12-15/h2-14H,1H3. The van der Waals surface area contributed by atoms with Crippen LogP contribution in [-0.4, -0.2) is 13.0 Å². The maximum absolute atomic E-state index is 12.8. The van der Waals surface area contributed by atoms with Crippen LogP contribution in [0.25, 0.3) is 11.1 Å². The summed E-state index contributed by atoms with van der Waals surface area (Å²) in [6.45, 7) is 0. The molecule has 0 heterocycles. The summed E-state index contributed by atoms with van der Waals surface area (Å²) in [7, 11) is 1.51. The van der Waals surface area contributed by atoms with E-state index in [2.05, 4.69) is 22.6 Å². The molecule has 0 spiro atoms. The minimum absolute atomic E-state index is 0.198. The Morgan fingerprint density at radius 1 is 0.875 bits per heavy atom. The van der Waals surface area contributed by atoms with Crippen LogP contribution >= 0.6 is 22.6 Å². The van der Waals surface area contributed by atoms with E-state index >= 15 is 0 Å². The van der Waals surface area contributed by atoms with E-state index in [0.717, 1.165) is 20.4 Å². The van der Waals surface area contributed by atoms with Crippen molar-refractivity contribution in [1.82, 2.24) is 0 Å². The van der Waals surface area contributed by atoms with Crippen molar-refractivity contribution in [2.75, 3.05) is 12.2 Å². The Morgan fingerprint density at radius 3 is 2.17 bits per heavy atom. The van der Waals surface area contributed by atoms with Crippen molar-refractivity contribution in [3.05, 3.63) is 88.0 Å². The number of benzene rings is 3. The number of hydroxylamine groups is 1. The fourth-order valence-corrected chi connectivity index (χ4v) is 2.87. The number of amides is 1. The molecular formula is C20H16INO2. The van der Waals surface area contributed by atoms with Crippen LogP contribution in [0.1, 0.15) is 10.4 Å². The molecule has 0 N–H and O–H groups in total. The molecule has 0 atom stereocenters. The molecule has 0 radical (unpaired) electrons. The molecule has 120 valence electrons. The van der Waals surface area contributed by atoms with Gasteiger partial charge in [-0.3, -0.25) is 9.63 Å². The predicted molar refractivity (Wildman–Crippen MR) is 105 cm³/mol. The molecule has 3 nitrogen and oxygen atoms in total. The molecule has 0 aliphatic heterocycles. The molecule has 4 heteroatoms. The highest BCUT2D eigenvalue weighted by molar-refractivity contribution is 14.1. The zero-order valence-electron chi connectivity index (χ0n) is 13.1. The highest BCUT2D eigenvalue weighted by Crippen LogP contribution is 2.32. The van der Waals surface area contributed by atoms with Crippen LogP contribution in [0.3, 0.4) is 0 Å². The second-order valence-electron chi connectivity index (χ2n) is 5.17. The Balaban J connectivity index is 2.04. The zero-order chi connectivity index (χ0) is 16.9. The molecule has 0 bridgehead atoms. The number of para-hydroxylation sites is 1. The fourth-order valence-electron chi connectivity index (χ4n) is 2.51. The quantitative estimate of drug-likeness (QED) is 0.423. The van der Waals surface area contributed by atoms with Gasteiger partial charge in [0.2, 0.25) is 0 Å². The van der Waals surface area contributed by atoms with E-state index in [0.29, 0.717) is 5.56 Å². The molecule has 0 unspecified atom stereocenters. The smallest absolute Gasteiger partial charge is 0.269 e. The Hall–Kier alpha value is -2.18. The van der Waals surface area contributed by atoms with Gasteiger partial charge in [-0.1, -0.05) is 48.5 Å². The van der Waals surface area contributed by atoms with Crippen molar-refractivity contribution in [2.45, 2.75) is 0 Å². The molecule has 0 aliphatic rings. The van der Waals surface area contributed by atoms with Gasteiger partial charge in [-0.25, -0.2) is 0 Å². The number of hydrogen-bond donors (Lipinski definition) is 0. The van der Waals surface area contributed by atoms with E-state index in [1.807, 2.05) is 66.7 Å². The third-order valence-electron chi connectivity index (χ3n) is 3.67. The van der Waals surface area contributed by atoms with Crippen LogP contribution in [0.15, 0.2) is 78.9 Å². The van der Waals surface area contributed by atoms with Gasteiger partial charge in [0.15, 0.2) is 0 Å². The lowest BCUT2D eigenvalue weighted by atomic mass is 10.0. The van der Waals surface area contributed by atoms with Gasteiger partial charge in [-0.2, -0.15) is 5.06 Å². The summed E-state index contributed by atoms with van der Waals surface area (Å²) in [5.41, 5.74) is 3.28. The summed E-state index contributed by atoms with van der Waals surface area (Å²) in [5, 5.41) is 1.34. The van der Waals surface area contributed by atoms with Gasteiger partial charge in [-0.15, -0.1) is 0 Å². The SMILES string of the molecule is CON(C(=O)c1ccccc1)c1ccccc1-c1ccc(I)cc1. The van der Waals surface area contributed by atoms with Gasteiger partial charge in [0.1, 0.15) is 0 Å². The van der Waals surface area contributed by atoms with Crippen molar-refractivity contribution in [3.63, 3.8) is 0 Å². The summed E-state index contributed by atoms with van der Waals surface area (Å²) >= 11 is 2.27. The first-order chi connectivity index (χ1) is 11.7. The van der Waals surface area contributed by atoms with Crippen LogP contribution in [0.2, 0.25) is 0 Å². The summed E-state index contributed by atoms with van der Waals surface area (Å²) in [6, 6.07) is 25.0. The minimum atomic E-state index is -0.198. The molecule has 3 aromatic carbocycles. The monoisotopic (exact) mass is 429 g/mol. The number of carbonyl (C=O) groups excluding carboxylic acids is 1. The summed E-state index contributed by atoms with van der Waals surface area (Å²) in [4.78, 5) is 18.2. The lowest BCUT2D eigenvalue weighted by Crippen LogP contribution is -2.30. The highest BCUT2D eigenvalue weighted by Gasteiger charge is 2.20. The summed E-state index contributed by atoms with van der Waals surface area (Å²) in [6.07, 6.45) is 0. The van der Waals surface area contributed by atoms with Crippen molar-refractivity contribution in [3.8, 4) is 11.1 Å². The first-order valence-corrected chi connectivity index (χ1v) is 8.57. The van der Waals surface area contributed by atoms with Crippen molar-refractivity contribution < 1.29 is 9.63 Å². The van der Waals surface area contributed by atoms with Gasteiger partial charge >= 0.3 is 0 Å². The van der Waals surface area contributed by atoms with Gasteiger partial charge in [0, 0.05) is 14.7 Å². The molecule has 3 aromatic rings. The van der Waals surface area contributed by atoms with Gasteiger partial charge in [-0.05, 0) is 58.5 Å². The van der Waals surface area contributed by atoms with Crippen LogP contribution in [-0.2, 0) is 4.84 Å². The second-order valence-corrected chi connectivity index (χ2v) is 6.42. The Morgan fingerprint density at radius 2 is 1.50 bits per heavy atom. The normalized spacial score (nSPS) is 10.4. The molecule has 0 aromatic heterocycles. The van der Waals surface area contributed by atoms with Crippen molar-refractivity contribution >= 4 is 34.2 Å². The lowest BCUT2D eigenvalue weighted by molar-refractivity contribution is 0.0774. The Kier molecular flexibility index (Phi) is 5.27. The average Bonchev–Trinajstić information content (AvgIpc) is 2.64. The lowest BCUT2D eigenvalue weighted by Gasteiger charge is -2.22. The molecule has 0 saturated carbocycles. The van der Waals surface area contributed by atoms with Crippen LogP contribution < -0.4 is 5.06 Å². The van der Waals surface area contributed by atoms with Crippen LogP contribution in [0.4, 0.5) is 5.69 Å². The van der Waals surface area contributed by atoms with Crippen molar-refractivity contribution in [2.24, 2.45) is 0 Å². The van der Waals surface area contributed by atoms with Crippen molar-refractivity contribution in [1.29, 1.82) is 0 Å². The summed E-state index contributed by atoms with van der Waals surface area (Å²) < 4.78 is 1.16. The van der Waals surface area contributed by atoms with Gasteiger partial charge in [0.25, 0.3) is 5.91 Å². The largest absolute Gasteiger partial charge is 0.282 e. The molecule has 24 heavy (non-hydrogen) atoms. The predicted octanol–water partition coefficient (Wildman–Crippen LogP) is 5.17. The highest BCUT2D eigenvalue weighted by atomic mass is 127. The van der Waals surface area contributed by atoms with E-state index < -0.39 is 0 Å². The molecular weight excluding hydrogens is 413 g/mol. The number of nitrogens with zero attached hydrogens (tertiary/aromatic N) is 1. The summed E-state index contributed by atoms with van der Waals surface area (Å²) in [5.74, 6) is -0.198. The number of rotatable bonds is 4. The topological polar surface area (TPSA) is 29.5 Å². The van der Waals surface area contributed by atoms with Gasteiger partial charge < -0.3 is 0 Å². The first kappa shape index (κ1) is 16.7. The van der Waals surface area contributed by atoms with Crippen LogP contribution in [0.5, 0.6) is 0 Å². The number of halogens is 1. The van der Waals surface area contributed by atoms with E-state index in [-0.39, 0.29) is 5.91 Å². The average molecular weight is 429 g/mol. The molecule has 3 rings (SSSR count). The number of carbonyl (C=O) groups is 1. The maximum atomic E-state index is 12.8. The fraction of sp³-hybridized carbons (Fsp3) is 0.0500. The molecule has 1 amide bonds. The third-order valence-corrected chi connectivity index (χ3v) is 4.39. The molecule has 0 fully saturated rings. The van der Waals surface area contributed by atoms with E-state index in [9.17, 15) is 4.79 Å². The number of hydrogen-bond acceptors (Lipinski definition) is 2. The zero-order valence-corrected chi connectivity index (χ0v) is 15.3. The maximum Gasteiger partial charge on any atom is 0.282 e. The van der Waals surface area contributed by atoms with E-state index in [1.54, 1.807) is 12.1 Å². The van der Waals surface area contributed by atoms with E-state index in [4.69, 9.17) is 4.84 Å². The molecule has 0 aliphatic carbocycles. The third kappa shape index (κ3) is 3.49. The van der Waals surface area contributed by atoms with Crippen LogP contribution in [0, 0.1) is 3.57 Å². The first-order valence-electron chi connectivity index (χ1n) is 7.49. The second kappa shape index (κ2) is 7.59. The Labute approximate surface area is 155 Å². The molecule has 0 saturated heterocycles. The Bertz CT molecular complexity index is 832. The number of anilines is 1. The minimum Gasteiger partial charge on any atom is -0.269 e. The van der Waals surface area contributed by atoms with Gasteiger partial charge in [0.05, 0.1) is 12.8 Å². The van der Waals surface area contributed by atoms with E-state index in [1.165, 1.54) is 12.2 Å².